The van der Waals surface area contributed by atoms with Crippen LogP contribution in [0, 0.1) is 5.92 Å². The molecule has 2 saturated carbocycles. The van der Waals surface area contributed by atoms with Crippen LogP contribution in [0.4, 0.5) is 0 Å². The number of rotatable bonds is 13. The van der Waals surface area contributed by atoms with Gasteiger partial charge in [-0.2, -0.15) is 0 Å². The van der Waals surface area contributed by atoms with Gasteiger partial charge in [0.1, 0.15) is 56.4 Å². The highest BCUT2D eigenvalue weighted by atomic mass is 16.7. The first-order chi connectivity index (χ1) is 24.5. The van der Waals surface area contributed by atoms with Crippen molar-refractivity contribution < 1.29 is 53.8 Å². The highest BCUT2D eigenvalue weighted by Gasteiger charge is 2.62. The Kier molecular flexibility index (Phi) is 12.5. The molecule has 0 aromatic carbocycles. The molecule has 51 heavy (non-hydrogen) atoms. The number of azide groups is 4. The predicted molar refractivity (Wildman–Crippen MR) is 170 cm³/mol. The minimum Gasteiger partial charge on any atom is -0.394 e. The molecule has 0 radical (unpaired) electrons. The summed E-state index contributed by atoms with van der Waals surface area (Å²) in [5.41, 5.74) is 42.7. The molecule has 2 aliphatic carbocycles. The quantitative estimate of drug-likeness (QED) is 0.0473. The molecule has 0 amide bonds. The molecule has 0 bridgehead atoms. The first-order valence-corrected chi connectivity index (χ1v) is 16.5. The van der Waals surface area contributed by atoms with Gasteiger partial charge in [0.15, 0.2) is 18.1 Å². The summed E-state index contributed by atoms with van der Waals surface area (Å²) in [6, 6.07) is -4.52. The van der Waals surface area contributed by atoms with Crippen LogP contribution in [0.3, 0.4) is 0 Å². The van der Waals surface area contributed by atoms with E-state index in [1.165, 1.54) is 0 Å². The number of aliphatic hydroxyl groups is 5. The molecule has 280 valence electrons. The minimum absolute atomic E-state index is 0.122. The van der Waals surface area contributed by atoms with Gasteiger partial charge in [-0.1, -0.05) is 20.5 Å². The Morgan fingerprint density at radius 2 is 1.39 bits per heavy atom. The van der Waals surface area contributed by atoms with Crippen molar-refractivity contribution in [1.29, 1.82) is 0 Å². The number of ether oxygens (including phenoxy) is 5. The van der Waals surface area contributed by atoms with Crippen molar-refractivity contribution in [3.8, 4) is 0 Å². The van der Waals surface area contributed by atoms with Gasteiger partial charge < -0.3 is 55.0 Å². The highest BCUT2D eigenvalue weighted by molar-refractivity contribution is 5.19. The normalized spacial score (nSPS) is 44.5. The first-order valence-electron chi connectivity index (χ1n) is 16.5. The fourth-order valence-corrected chi connectivity index (χ4v) is 7.85. The Bertz CT molecular complexity index is 1470. The number of aliphatic hydroxyl groups excluding tert-OH is 5. The van der Waals surface area contributed by atoms with E-state index in [9.17, 15) is 42.1 Å². The fraction of sp³-hybridized carbons (Fsp3) is 0.963. The van der Waals surface area contributed by atoms with Gasteiger partial charge in [-0.3, -0.25) is 0 Å². The minimum atomic E-state index is -1.74. The molecule has 5 unspecified atom stereocenters. The number of nitrogens with two attached hydrogens (primary N) is 1. The van der Waals surface area contributed by atoms with Gasteiger partial charge in [-0.05, 0) is 41.4 Å². The highest BCUT2D eigenvalue weighted by Crippen LogP contribution is 2.49. The van der Waals surface area contributed by atoms with Crippen LogP contribution in [0.5, 0.6) is 0 Å². The smallest absolute Gasteiger partial charge is 0.187 e. The molecule has 17 atom stereocenters. The molecular weight excluding hydrogens is 680 g/mol. The lowest BCUT2D eigenvalue weighted by molar-refractivity contribution is -0.561. The molecule has 0 aromatic rings. The zero-order valence-electron chi connectivity index (χ0n) is 27.6. The molecule has 0 spiro atoms. The molecule has 24 heteroatoms. The summed E-state index contributed by atoms with van der Waals surface area (Å²) in [5.74, 6) is -1.05. The summed E-state index contributed by atoms with van der Waals surface area (Å²) in [6.45, 7) is 3.07. The Morgan fingerprint density at radius 3 is 1.98 bits per heavy atom. The molecule has 0 aromatic heterocycles. The average molecular weight is 724 g/mol. The maximum absolute atomic E-state index is 11.6. The third-order valence-electron chi connectivity index (χ3n) is 10.7. The lowest BCUT2D eigenvalue weighted by atomic mass is 9.72. The first kappa shape index (κ1) is 38.7. The molecule has 7 N–H and O–H groups in total. The van der Waals surface area contributed by atoms with Gasteiger partial charge >= 0.3 is 0 Å². The van der Waals surface area contributed by atoms with Crippen molar-refractivity contribution in [1.82, 2.24) is 0 Å². The lowest BCUT2D eigenvalue weighted by Crippen LogP contribution is -2.62. The summed E-state index contributed by atoms with van der Waals surface area (Å²) in [7, 11) is 1.83. The Balaban J connectivity index is 1.47. The second-order valence-electron chi connectivity index (χ2n) is 13.5. The molecule has 24 nitrogen and oxygen atoms in total. The molecule has 5 aliphatic rings. The van der Waals surface area contributed by atoms with Gasteiger partial charge in [0, 0.05) is 51.0 Å². The van der Waals surface area contributed by atoms with Gasteiger partial charge in [-0.15, -0.1) is 0 Å². The van der Waals surface area contributed by atoms with Crippen LogP contribution in [0.25, 0.3) is 41.8 Å². The summed E-state index contributed by atoms with van der Waals surface area (Å²) < 4.78 is 32.1. The van der Waals surface area contributed by atoms with Crippen LogP contribution in [-0.2, 0) is 23.7 Å². The molecule has 3 heterocycles. The average Bonchev–Trinajstić information content (AvgIpc) is 3.88. The van der Waals surface area contributed by atoms with Crippen molar-refractivity contribution in [2.24, 2.45) is 32.1 Å². The summed E-state index contributed by atoms with van der Waals surface area (Å²) in [5, 5.41) is 69.4. The van der Waals surface area contributed by atoms with E-state index in [-0.39, 0.29) is 19.1 Å². The topological polar surface area (TPSA) is 371 Å². The van der Waals surface area contributed by atoms with Crippen LogP contribution < -0.4 is 5.73 Å². The van der Waals surface area contributed by atoms with Gasteiger partial charge in [0.2, 0.25) is 0 Å². The van der Waals surface area contributed by atoms with Crippen molar-refractivity contribution in [2.45, 2.75) is 135 Å². The van der Waals surface area contributed by atoms with Gasteiger partial charge in [-0.25, -0.2) is 4.58 Å². The standard InChI is InChI=1S/C27H43N14O10/c1-41(2)27(5-6-27)15-4-3-10(33-37-29)22(49-15)16-11(34-38-30)7-12(35-39-31)18(43)24(16)51-26-21(46)23(14(9-42)48-26)50-25-17(36-40-32)20(45)19(44)13(8-28)47-25/h10-26,42-46H,1,3-9,28H2,2H3/q+1/t10?,11?,12?,13-,14+,15-,16-,17?,18-,19+,20+,21+,22?,23+,24-,25+,26-/m0/s1. The zero-order chi connectivity index (χ0) is 37.0. The number of likely N-dealkylation sites (N-methyl/N-ethyl adjacent to an activating group) is 1. The summed E-state index contributed by atoms with van der Waals surface area (Å²) in [4.78, 5) is 11.5. The van der Waals surface area contributed by atoms with Crippen molar-refractivity contribution in [2.75, 3.05) is 20.2 Å². The number of hydrogen-bond donors (Lipinski definition) is 6. The van der Waals surface area contributed by atoms with E-state index < -0.39 is 110 Å². The summed E-state index contributed by atoms with van der Waals surface area (Å²) in [6.07, 6.45) is -14.1. The predicted octanol–water partition coefficient (Wildman–Crippen LogP) is -0.240. The molecule has 5 fully saturated rings. The van der Waals surface area contributed by atoms with Crippen LogP contribution in [-0.4, -0.2) is 160 Å². The maximum Gasteiger partial charge on any atom is 0.187 e. The maximum atomic E-state index is 11.6. The molecule has 3 saturated heterocycles. The van der Waals surface area contributed by atoms with Crippen LogP contribution >= 0.6 is 0 Å². The Hall–Kier alpha value is -3.53. The van der Waals surface area contributed by atoms with E-state index >= 15 is 0 Å². The SMILES string of the molecule is C=[N+](C)C1([C@@H]2CCC(N=[N+]=[N-])C([C@@H]3C(N=[N+]=[N-])CC(N=[N+]=[N-])[C@H](O)[C@H]3O[C@@H]3O[C@H](CO)[C@@H](O[C@H]4O[C@@H](CN)[C@@H](O)[C@H](O)C4N=[N+]=[N-])[C@H]3O)O2)CC1. The second kappa shape index (κ2) is 16.4. The monoisotopic (exact) mass is 723 g/mol. The molecule has 5 rings (SSSR count). The van der Waals surface area contributed by atoms with Crippen molar-refractivity contribution in [3.05, 3.63) is 41.8 Å². The summed E-state index contributed by atoms with van der Waals surface area (Å²) >= 11 is 0. The Labute approximate surface area is 290 Å². The van der Waals surface area contributed by atoms with Gasteiger partial charge in [0.25, 0.3) is 0 Å². The fourth-order valence-electron chi connectivity index (χ4n) is 7.85. The molecule has 3 aliphatic heterocycles. The van der Waals surface area contributed by atoms with E-state index in [0.29, 0.717) is 12.8 Å². The van der Waals surface area contributed by atoms with E-state index in [1.807, 2.05) is 11.6 Å². The third-order valence-corrected chi connectivity index (χ3v) is 10.7. The zero-order valence-corrected chi connectivity index (χ0v) is 27.6. The van der Waals surface area contributed by atoms with Crippen LogP contribution in [0.15, 0.2) is 20.5 Å². The number of nitrogens with zero attached hydrogens (tertiary/aromatic N) is 13. The third kappa shape index (κ3) is 7.53. The number of hydrogen-bond acceptors (Lipinski definition) is 15. The second-order valence-corrected chi connectivity index (χ2v) is 13.5. The largest absolute Gasteiger partial charge is 0.394 e. The molecular formula is C27H43N14O10+. The Morgan fingerprint density at radius 1 is 0.784 bits per heavy atom. The van der Waals surface area contributed by atoms with E-state index in [4.69, 9.17) is 34.9 Å². The van der Waals surface area contributed by atoms with Crippen molar-refractivity contribution in [3.63, 3.8) is 0 Å². The van der Waals surface area contributed by atoms with Crippen LogP contribution in [0.1, 0.15) is 32.1 Å². The van der Waals surface area contributed by atoms with E-state index in [1.54, 1.807) is 0 Å². The van der Waals surface area contributed by atoms with Crippen LogP contribution in [0.2, 0.25) is 0 Å². The van der Waals surface area contributed by atoms with E-state index in [0.717, 1.165) is 12.8 Å². The lowest BCUT2D eigenvalue weighted by Gasteiger charge is -2.49. The van der Waals surface area contributed by atoms with E-state index in [2.05, 4.69) is 46.8 Å². The van der Waals surface area contributed by atoms with Gasteiger partial charge in [0.05, 0.1) is 43.1 Å². The van der Waals surface area contributed by atoms with Crippen molar-refractivity contribution >= 4 is 6.72 Å².